The summed E-state index contributed by atoms with van der Waals surface area (Å²) in [5.74, 6) is 0.165. The van der Waals surface area contributed by atoms with E-state index in [0.29, 0.717) is 22.5 Å². The maximum atomic E-state index is 12.9. The van der Waals surface area contributed by atoms with Crippen LogP contribution in [0.2, 0.25) is 0 Å². The number of nitrogens with one attached hydrogen (secondary N) is 1. The lowest BCUT2D eigenvalue weighted by molar-refractivity contribution is -0.137. The van der Waals surface area contributed by atoms with Gasteiger partial charge in [-0.25, -0.2) is 9.97 Å². The van der Waals surface area contributed by atoms with Gasteiger partial charge in [-0.3, -0.25) is 9.78 Å². The number of aliphatic hydroxyl groups excluding tert-OH is 2. The minimum atomic E-state index is -4.47. The van der Waals surface area contributed by atoms with Crippen LogP contribution in [0.5, 0.6) is 0 Å². The van der Waals surface area contributed by atoms with E-state index in [2.05, 4.69) is 19.9 Å². The first-order valence-corrected chi connectivity index (χ1v) is 9.57. The lowest BCUT2D eigenvalue weighted by atomic mass is 10.0. The molecule has 32 heavy (non-hydrogen) atoms. The van der Waals surface area contributed by atoms with Gasteiger partial charge in [-0.05, 0) is 30.3 Å². The maximum absolute atomic E-state index is 12.9. The summed E-state index contributed by atoms with van der Waals surface area (Å²) in [5, 5.41) is 19.0. The van der Waals surface area contributed by atoms with E-state index in [9.17, 15) is 23.1 Å². The van der Waals surface area contributed by atoms with Crippen molar-refractivity contribution in [2.24, 2.45) is 0 Å². The van der Waals surface area contributed by atoms with E-state index in [1.807, 2.05) is 0 Å². The SMILES string of the molecule is O=c1[nH]c(CC(O)CO)nc2c(-c3cccnc3)nc(-c3ccc(C(F)(F)F)cc3)cc12. The van der Waals surface area contributed by atoms with Crippen LogP contribution >= 0.6 is 0 Å². The largest absolute Gasteiger partial charge is 0.416 e. The number of hydrogen-bond acceptors (Lipinski definition) is 6. The second kappa shape index (κ2) is 8.48. The molecule has 4 aromatic rings. The van der Waals surface area contributed by atoms with E-state index in [-0.39, 0.29) is 23.1 Å². The standard InChI is InChI=1S/C22H17F3N4O3/c23-22(24,25)14-5-3-12(4-6-14)17-9-16-20(19(27-17)13-2-1-7-26-10-13)28-18(29-21(16)32)8-15(31)11-30/h1-7,9-10,15,30-31H,8,11H2,(H,28,29,32). The summed E-state index contributed by atoms with van der Waals surface area (Å²) in [6.45, 7) is -0.498. The molecule has 0 spiro atoms. The van der Waals surface area contributed by atoms with Gasteiger partial charge in [-0.2, -0.15) is 13.2 Å². The average Bonchev–Trinajstić information content (AvgIpc) is 2.78. The number of rotatable bonds is 5. The lowest BCUT2D eigenvalue weighted by Gasteiger charge is -2.12. The number of fused-ring (bicyclic) bond motifs is 1. The predicted octanol–water partition coefficient (Wildman–Crippen LogP) is 2.96. The zero-order valence-corrected chi connectivity index (χ0v) is 16.5. The summed E-state index contributed by atoms with van der Waals surface area (Å²) in [4.78, 5) is 28.4. The third-order valence-electron chi connectivity index (χ3n) is 4.82. The minimum Gasteiger partial charge on any atom is -0.394 e. The highest BCUT2D eigenvalue weighted by Gasteiger charge is 2.30. The van der Waals surface area contributed by atoms with Gasteiger partial charge in [0.05, 0.1) is 35.0 Å². The molecule has 0 fully saturated rings. The molecule has 1 aromatic carbocycles. The Morgan fingerprint density at radius 2 is 1.81 bits per heavy atom. The van der Waals surface area contributed by atoms with Gasteiger partial charge in [0.1, 0.15) is 11.3 Å². The van der Waals surface area contributed by atoms with E-state index in [1.54, 1.807) is 18.3 Å². The molecule has 0 aliphatic carbocycles. The smallest absolute Gasteiger partial charge is 0.394 e. The van der Waals surface area contributed by atoms with Crippen molar-refractivity contribution in [1.29, 1.82) is 0 Å². The van der Waals surface area contributed by atoms with Gasteiger partial charge in [-0.15, -0.1) is 0 Å². The van der Waals surface area contributed by atoms with Crippen molar-refractivity contribution < 1.29 is 23.4 Å². The molecule has 3 aromatic heterocycles. The Morgan fingerprint density at radius 3 is 2.44 bits per heavy atom. The van der Waals surface area contributed by atoms with E-state index >= 15 is 0 Å². The van der Waals surface area contributed by atoms with Gasteiger partial charge in [0.25, 0.3) is 5.56 Å². The Balaban J connectivity index is 1.92. The van der Waals surface area contributed by atoms with Crippen LogP contribution in [-0.4, -0.2) is 42.9 Å². The fraction of sp³-hybridized carbons (Fsp3) is 0.182. The number of benzene rings is 1. The molecule has 0 aliphatic heterocycles. The summed E-state index contributed by atoms with van der Waals surface area (Å²) < 4.78 is 38.7. The zero-order valence-electron chi connectivity index (χ0n) is 16.5. The van der Waals surface area contributed by atoms with Gasteiger partial charge in [-0.1, -0.05) is 12.1 Å². The van der Waals surface area contributed by atoms with Crippen LogP contribution in [-0.2, 0) is 12.6 Å². The molecule has 0 amide bonds. The number of pyridine rings is 2. The molecule has 7 nitrogen and oxygen atoms in total. The number of H-pyrrole nitrogens is 1. The fourth-order valence-electron chi connectivity index (χ4n) is 3.25. The Hall–Kier alpha value is -3.63. The molecule has 1 atom stereocenters. The quantitative estimate of drug-likeness (QED) is 0.438. The van der Waals surface area contributed by atoms with Crippen molar-refractivity contribution in [1.82, 2.24) is 19.9 Å². The molecule has 0 bridgehead atoms. The number of aromatic nitrogens is 4. The van der Waals surface area contributed by atoms with Gasteiger partial charge in [0.15, 0.2) is 0 Å². The van der Waals surface area contributed by atoms with Gasteiger partial charge >= 0.3 is 6.18 Å². The molecule has 1 unspecified atom stereocenters. The molecule has 3 heterocycles. The number of hydrogen-bond donors (Lipinski definition) is 3. The highest BCUT2D eigenvalue weighted by Crippen LogP contribution is 2.32. The number of aromatic amines is 1. The number of halogens is 3. The Kier molecular flexibility index (Phi) is 5.72. The summed E-state index contributed by atoms with van der Waals surface area (Å²) in [5.41, 5.74) is 0.508. The molecule has 3 N–H and O–H groups in total. The van der Waals surface area contributed by atoms with Crippen molar-refractivity contribution in [3.8, 4) is 22.5 Å². The van der Waals surface area contributed by atoms with Crippen molar-refractivity contribution in [2.75, 3.05) is 6.61 Å². The third-order valence-corrected chi connectivity index (χ3v) is 4.82. The Labute approximate surface area is 179 Å². The Morgan fingerprint density at radius 1 is 1.06 bits per heavy atom. The molecule has 0 radical (unpaired) electrons. The van der Waals surface area contributed by atoms with Crippen LogP contribution in [0.25, 0.3) is 33.4 Å². The topological polar surface area (TPSA) is 112 Å². The van der Waals surface area contributed by atoms with Crippen molar-refractivity contribution in [3.05, 3.63) is 76.6 Å². The molecular weight excluding hydrogens is 425 g/mol. The van der Waals surface area contributed by atoms with Gasteiger partial charge in [0, 0.05) is 29.9 Å². The molecule has 164 valence electrons. The molecule has 10 heteroatoms. The zero-order chi connectivity index (χ0) is 22.9. The maximum Gasteiger partial charge on any atom is 0.416 e. The van der Waals surface area contributed by atoms with Gasteiger partial charge in [0.2, 0.25) is 0 Å². The summed E-state index contributed by atoms with van der Waals surface area (Å²) >= 11 is 0. The van der Waals surface area contributed by atoms with Crippen LogP contribution < -0.4 is 5.56 Å². The molecule has 0 saturated carbocycles. The first-order chi connectivity index (χ1) is 15.3. The summed E-state index contributed by atoms with van der Waals surface area (Å²) in [6, 6.07) is 9.33. The normalized spacial score (nSPS) is 12.8. The van der Waals surface area contributed by atoms with Crippen molar-refractivity contribution in [2.45, 2.75) is 18.7 Å². The number of aliphatic hydroxyl groups is 2. The minimum absolute atomic E-state index is 0.0746. The van der Waals surface area contributed by atoms with Crippen LogP contribution in [0.1, 0.15) is 11.4 Å². The fourth-order valence-corrected chi connectivity index (χ4v) is 3.25. The van der Waals surface area contributed by atoms with Crippen LogP contribution in [0.3, 0.4) is 0 Å². The third kappa shape index (κ3) is 4.36. The lowest BCUT2D eigenvalue weighted by Crippen LogP contribution is -2.21. The number of nitrogens with zero attached hydrogens (tertiary/aromatic N) is 3. The van der Waals surface area contributed by atoms with E-state index in [4.69, 9.17) is 5.11 Å². The molecule has 0 saturated heterocycles. The number of alkyl halides is 3. The van der Waals surface area contributed by atoms with E-state index < -0.39 is 30.0 Å². The van der Waals surface area contributed by atoms with Crippen LogP contribution in [0.4, 0.5) is 13.2 Å². The highest BCUT2D eigenvalue weighted by atomic mass is 19.4. The van der Waals surface area contributed by atoms with E-state index in [0.717, 1.165) is 12.1 Å². The predicted molar refractivity (Wildman–Crippen MR) is 111 cm³/mol. The first-order valence-electron chi connectivity index (χ1n) is 9.57. The van der Waals surface area contributed by atoms with Gasteiger partial charge < -0.3 is 15.2 Å². The van der Waals surface area contributed by atoms with Crippen LogP contribution in [0, 0.1) is 0 Å². The summed E-state index contributed by atoms with van der Waals surface area (Å²) in [7, 11) is 0. The second-order valence-electron chi connectivity index (χ2n) is 7.12. The first kappa shape index (κ1) is 21.6. The molecule has 4 rings (SSSR count). The van der Waals surface area contributed by atoms with Crippen LogP contribution in [0.15, 0.2) is 59.7 Å². The van der Waals surface area contributed by atoms with Crippen molar-refractivity contribution >= 4 is 10.9 Å². The van der Waals surface area contributed by atoms with Crippen molar-refractivity contribution in [3.63, 3.8) is 0 Å². The Bertz CT molecular complexity index is 1310. The average molecular weight is 442 g/mol. The molecular formula is C22H17F3N4O3. The molecule has 0 aliphatic rings. The second-order valence-corrected chi connectivity index (χ2v) is 7.12. The van der Waals surface area contributed by atoms with E-state index in [1.165, 1.54) is 24.4 Å². The highest BCUT2D eigenvalue weighted by molar-refractivity contribution is 5.93. The summed E-state index contributed by atoms with van der Waals surface area (Å²) in [6.07, 6.45) is -2.54. The monoisotopic (exact) mass is 442 g/mol.